The molecule has 0 aromatic carbocycles. The Hall–Kier alpha value is -1.20. The number of hydrogen-bond donors (Lipinski definition) is 1. The van der Waals surface area contributed by atoms with Gasteiger partial charge in [-0.05, 0) is 12.0 Å². The molecular formula is C12H21N5. The van der Waals surface area contributed by atoms with Crippen molar-refractivity contribution in [1.29, 1.82) is 0 Å². The lowest BCUT2D eigenvalue weighted by molar-refractivity contribution is 0.140. The maximum absolute atomic E-state index is 4.16. The molecule has 1 aliphatic rings. The summed E-state index contributed by atoms with van der Waals surface area (Å²) in [6, 6.07) is 1.83. The molecule has 1 fully saturated rings. The van der Waals surface area contributed by atoms with Crippen LogP contribution in [0.3, 0.4) is 0 Å². The van der Waals surface area contributed by atoms with Crippen molar-refractivity contribution in [3.05, 3.63) is 18.5 Å². The molecule has 17 heavy (non-hydrogen) atoms. The van der Waals surface area contributed by atoms with Crippen molar-refractivity contribution in [1.82, 2.24) is 19.9 Å². The Bertz CT molecular complexity index is 319. The smallest absolute Gasteiger partial charge is 0.237 e. The molecule has 0 amide bonds. The van der Waals surface area contributed by atoms with E-state index in [0.29, 0.717) is 5.95 Å². The van der Waals surface area contributed by atoms with Crippen molar-refractivity contribution < 1.29 is 0 Å². The van der Waals surface area contributed by atoms with Crippen LogP contribution in [0.5, 0.6) is 0 Å². The van der Waals surface area contributed by atoms with Gasteiger partial charge in [-0.15, -0.1) is 0 Å². The molecule has 1 aromatic rings. The third-order valence-corrected chi connectivity index (χ3v) is 2.82. The number of aromatic nitrogens is 2. The standard InChI is InChI=1S/C12H21N5/c1-11(2)10-16-6-8-17(9-7-16)15-12-13-4-3-5-14-12/h3-5,11H,6-10H2,1-2H3,(H,13,14,15). The van der Waals surface area contributed by atoms with Gasteiger partial charge in [-0.3, -0.25) is 5.43 Å². The molecule has 0 saturated carbocycles. The Morgan fingerprint density at radius 2 is 1.82 bits per heavy atom. The fourth-order valence-electron chi connectivity index (χ4n) is 2.06. The quantitative estimate of drug-likeness (QED) is 0.846. The molecule has 0 spiro atoms. The van der Waals surface area contributed by atoms with Crippen LogP contribution in [-0.4, -0.2) is 52.6 Å². The van der Waals surface area contributed by atoms with Crippen LogP contribution in [0, 0.1) is 5.92 Å². The Labute approximate surface area is 103 Å². The van der Waals surface area contributed by atoms with Crippen LogP contribution in [-0.2, 0) is 0 Å². The molecule has 1 N–H and O–H groups in total. The zero-order valence-electron chi connectivity index (χ0n) is 10.6. The Balaban J connectivity index is 1.76. The summed E-state index contributed by atoms with van der Waals surface area (Å²) in [7, 11) is 0. The van der Waals surface area contributed by atoms with Crippen LogP contribution in [0.4, 0.5) is 5.95 Å². The Kier molecular flexibility index (Phi) is 4.28. The first-order valence-electron chi connectivity index (χ1n) is 6.25. The lowest BCUT2D eigenvalue weighted by Crippen LogP contribution is -2.49. The van der Waals surface area contributed by atoms with E-state index < -0.39 is 0 Å². The monoisotopic (exact) mass is 235 g/mol. The zero-order valence-corrected chi connectivity index (χ0v) is 10.6. The van der Waals surface area contributed by atoms with Crippen LogP contribution >= 0.6 is 0 Å². The van der Waals surface area contributed by atoms with E-state index in [2.05, 4.69) is 39.2 Å². The second-order valence-electron chi connectivity index (χ2n) is 4.87. The van der Waals surface area contributed by atoms with Gasteiger partial charge in [-0.2, -0.15) is 0 Å². The molecule has 0 bridgehead atoms. The predicted molar refractivity (Wildman–Crippen MR) is 68.5 cm³/mol. The van der Waals surface area contributed by atoms with E-state index in [1.54, 1.807) is 12.4 Å². The molecular weight excluding hydrogens is 214 g/mol. The van der Waals surface area contributed by atoms with Crippen LogP contribution < -0.4 is 5.43 Å². The number of anilines is 1. The Morgan fingerprint density at radius 1 is 1.18 bits per heavy atom. The minimum Gasteiger partial charge on any atom is -0.300 e. The van der Waals surface area contributed by atoms with Crippen LogP contribution in [0.15, 0.2) is 18.5 Å². The zero-order chi connectivity index (χ0) is 12.1. The van der Waals surface area contributed by atoms with Crippen LogP contribution in [0.2, 0.25) is 0 Å². The van der Waals surface area contributed by atoms with E-state index in [9.17, 15) is 0 Å². The highest BCUT2D eigenvalue weighted by molar-refractivity contribution is 5.20. The van der Waals surface area contributed by atoms with Gasteiger partial charge in [-0.1, -0.05) is 13.8 Å². The molecule has 0 atom stereocenters. The fraction of sp³-hybridized carbons (Fsp3) is 0.667. The lowest BCUT2D eigenvalue weighted by Gasteiger charge is -2.35. The second-order valence-corrected chi connectivity index (χ2v) is 4.87. The van der Waals surface area contributed by atoms with Crippen molar-refractivity contribution in [2.24, 2.45) is 5.92 Å². The Morgan fingerprint density at radius 3 is 2.41 bits per heavy atom. The average molecular weight is 235 g/mol. The van der Waals surface area contributed by atoms with Gasteiger partial charge >= 0.3 is 0 Å². The normalized spacial score (nSPS) is 18.5. The van der Waals surface area contributed by atoms with E-state index in [1.807, 2.05) is 6.07 Å². The van der Waals surface area contributed by atoms with Crippen molar-refractivity contribution in [2.75, 3.05) is 38.1 Å². The molecule has 0 aliphatic carbocycles. The minimum absolute atomic E-state index is 0.685. The van der Waals surface area contributed by atoms with Gasteiger partial charge in [0.15, 0.2) is 0 Å². The van der Waals surface area contributed by atoms with Gasteiger partial charge in [0.1, 0.15) is 0 Å². The first-order valence-corrected chi connectivity index (χ1v) is 6.25. The summed E-state index contributed by atoms with van der Waals surface area (Å²) in [6.45, 7) is 9.98. The summed E-state index contributed by atoms with van der Waals surface area (Å²) in [5.41, 5.74) is 3.24. The topological polar surface area (TPSA) is 44.3 Å². The number of nitrogens with zero attached hydrogens (tertiary/aromatic N) is 4. The number of nitrogens with one attached hydrogen (secondary N) is 1. The van der Waals surface area contributed by atoms with Crippen LogP contribution in [0.1, 0.15) is 13.8 Å². The second kappa shape index (κ2) is 5.93. The molecule has 5 nitrogen and oxygen atoms in total. The maximum Gasteiger partial charge on any atom is 0.237 e. The van der Waals surface area contributed by atoms with Crippen molar-refractivity contribution in [2.45, 2.75) is 13.8 Å². The minimum atomic E-state index is 0.685. The molecule has 1 aromatic heterocycles. The highest BCUT2D eigenvalue weighted by Crippen LogP contribution is 2.06. The van der Waals surface area contributed by atoms with Gasteiger partial charge < -0.3 is 4.90 Å². The lowest BCUT2D eigenvalue weighted by atomic mass is 10.2. The van der Waals surface area contributed by atoms with E-state index in [1.165, 1.54) is 6.54 Å². The number of rotatable bonds is 4. The molecule has 0 radical (unpaired) electrons. The summed E-state index contributed by atoms with van der Waals surface area (Å²) in [4.78, 5) is 10.8. The molecule has 1 saturated heterocycles. The maximum atomic E-state index is 4.16. The number of hydrazine groups is 1. The van der Waals surface area contributed by atoms with E-state index in [0.717, 1.165) is 32.1 Å². The summed E-state index contributed by atoms with van der Waals surface area (Å²) in [5, 5.41) is 2.19. The number of piperazine rings is 1. The summed E-state index contributed by atoms with van der Waals surface area (Å²) >= 11 is 0. The molecule has 1 aliphatic heterocycles. The molecule has 2 rings (SSSR count). The fourth-order valence-corrected chi connectivity index (χ4v) is 2.06. The van der Waals surface area contributed by atoms with Crippen molar-refractivity contribution >= 4 is 5.95 Å². The van der Waals surface area contributed by atoms with Crippen molar-refractivity contribution in [3.8, 4) is 0 Å². The van der Waals surface area contributed by atoms with Crippen LogP contribution in [0.25, 0.3) is 0 Å². The molecule has 0 unspecified atom stereocenters. The predicted octanol–water partition coefficient (Wildman–Crippen LogP) is 1.08. The van der Waals surface area contributed by atoms with Crippen molar-refractivity contribution in [3.63, 3.8) is 0 Å². The van der Waals surface area contributed by atoms with E-state index in [-0.39, 0.29) is 0 Å². The summed E-state index contributed by atoms with van der Waals surface area (Å²) < 4.78 is 0. The highest BCUT2D eigenvalue weighted by atomic mass is 15.6. The van der Waals surface area contributed by atoms with Gasteiger partial charge in [0.2, 0.25) is 5.95 Å². The van der Waals surface area contributed by atoms with Gasteiger partial charge in [-0.25, -0.2) is 15.0 Å². The van der Waals surface area contributed by atoms with E-state index >= 15 is 0 Å². The molecule has 5 heteroatoms. The van der Waals surface area contributed by atoms with Gasteiger partial charge in [0, 0.05) is 45.1 Å². The van der Waals surface area contributed by atoms with Gasteiger partial charge in [0.05, 0.1) is 0 Å². The SMILES string of the molecule is CC(C)CN1CCN(Nc2ncccn2)CC1. The largest absolute Gasteiger partial charge is 0.300 e. The summed E-state index contributed by atoms with van der Waals surface area (Å²) in [5.74, 6) is 1.43. The highest BCUT2D eigenvalue weighted by Gasteiger charge is 2.17. The average Bonchev–Trinajstić information content (AvgIpc) is 2.32. The third-order valence-electron chi connectivity index (χ3n) is 2.82. The first-order chi connectivity index (χ1) is 8.24. The van der Waals surface area contributed by atoms with Gasteiger partial charge in [0.25, 0.3) is 0 Å². The summed E-state index contributed by atoms with van der Waals surface area (Å²) in [6.07, 6.45) is 3.51. The molecule has 2 heterocycles. The third kappa shape index (κ3) is 3.94. The first kappa shape index (κ1) is 12.3. The number of hydrogen-bond acceptors (Lipinski definition) is 5. The van der Waals surface area contributed by atoms with E-state index in [4.69, 9.17) is 0 Å². The molecule has 94 valence electrons.